The summed E-state index contributed by atoms with van der Waals surface area (Å²) >= 11 is 1.67. The zero-order valence-electron chi connectivity index (χ0n) is 17.7. The first-order chi connectivity index (χ1) is 15.3. The van der Waals surface area contributed by atoms with Crippen LogP contribution in [0.1, 0.15) is 46.4 Å². The highest BCUT2D eigenvalue weighted by atomic mass is 32.1. The summed E-state index contributed by atoms with van der Waals surface area (Å²) in [6.07, 6.45) is 3.79. The summed E-state index contributed by atoms with van der Waals surface area (Å²) in [5, 5.41) is 10.3. The van der Waals surface area contributed by atoms with E-state index in [2.05, 4.69) is 17.2 Å². The first-order valence-corrected chi connectivity index (χ1v) is 11.0. The summed E-state index contributed by atoms with van der Waals surface area (Å²) < 4.78 is 34.4. The van der Waals surface area contributed by atoms with Gasteiger partial charge in [0.1, 0.15) is 11.6 Å². The lowest BCUT2D eigenvalue weighted by molar-refractivity contribution is 0.0620. The second-order valence-electron chi connectivity index (χ2n) is 8.25. The summed E-state index contributed by atoms with van der Waals surface area (Å²) in [4.78, 5) is 16.4. The fourth-order valence-corrected chi connectivity index (χ4v) is 5.50. The van der Waals surface area contributed by atoms with E-state index in [1.54, 1.807) is 20.9 Å². The third kappa shape index (κ3) is 3.15. The first-order valence-electron chi connectivity index (χ1n) is 10.1. The third-order valence-corrected chi connectivity index (χ3v) is 7.32. The number of carbonyl (C=O) groups is 1. The lowest BCUT2D eigenvalue weighted by Crippen LogP contribution is -2.48. The number of fused-ring (bicyclic) bond motifs is 1. The van der Waals surface area contributed by atoms with Crippen molar-refractivity contribution in [1.29, 1.82) is 0 Å². The largest absolute Gasteiger partial charge is 0.355 e. The van der Waals surface area contributed by atoms with E-state index >= 15 is 0 Å². The predicted octanol–water partition coefficient (Wildman–Crippen LogP) is 4.94. The molecule has 0 unspecified atom stereocenters. The Bertz CT molecular complexity index is 1330. The van der Waals surface area contributed by atoms with Gasteiger partial charge >= 0.3 is 0 Å². The van der Waals surface area contributed by atoms with Gasteiger partial charge in [-0.3, -0.25) is 9.48 Å². The van der Waals surface area contributed by atoms with Crippen molar-refractivity contribution < 1.29 is 18.1 Å². The molecular formula is C23H20F2N4O2S. The molecule has 3 aromatic heterocycles. The number of hydrogen-bond acceptors (Lipinski definition) is 5. The second-order valence-corrected chi connectivity index (χ2v) is 9.17. The fourth-order valence-electron chi connectivity index (χ4n) is 4.33. The Morgan fingerprint density at radius 1 is 1.28 bits per heavy atom. The molecule has 0 radical (unpaired) electrons. The van der Waals surface area contributed by atoms with Crippen LogP contribution in [0.25, 0.3) is 11.3 Å². The number of rotatable bonds is 3. The number of aryl methyl sites for hydroxylation is 1. The Kier molecular flexibility index (Phi) is 4.74. The summed E-state index contributed by atoms with van der Waals surface area (Å²) in [5.74, 6) is -1.72. The molecule has 0 spiro atoms. The number of benzene rings is 1. The molecule has 0 aliphatic carbocycles. The van der Waals surface area contributed by atoms with Gasteiger partial charge in [-0.05, 0) is 43.0 Å². The number of carbonyl (C=O) groups excluding carboxylic acids is 1. The van der Waals surface area contributed by atoms with E-state index < -0.39 is 17.0 Å². The molecule has 4 aromatic rings. The van der Waals surface area contributed by atoms with Crippen LogP contribution in [0.3, 0.4) is 0 Å². The number of thiophene rings is 1. The molecule has 4 heterocycles. The van der Waals surface area contributed by atoms with Crippen molar-refractivity contribution >= 4 is 17.2 Å². The van der Waals surface area contributed by atoms with Crippen molar-refractivity contribution in [3.05, 3.63) is 81.4 Å². The molecule has 164 valence electrons. The van der Waals surface area contributed by atoms with Crippen LogP contribution in [0.15, 0.2) is 52.6 Å². The number of amides is 1. The predicted molar refractivity (Wildman–Crippen MR) is 115 cm³/mol. The molecule has 1 aliphatic heterocycles. The molecule has 1 amide bonds. The smallest absolute Gasteiger partial charge is 0.276 e. The van der Waals surface area contributed by atoms with Crippen molar-refractivity contribution in [2.75, 3.05) is 6.54 Å². The minimum atomic E-state index is -0.779. The molecule has 32 heavy (non-hydrogen) atoms. The molecule has 6 nitrogen and oxygen atoms in total. The van der Waals surface area contributed by atoms with Crippen LogP contribution in [0.2, 0.25) is 0 Å². The van der Waals surface area contributed by atoms with E-state index in [9.17, 15) is 13.6 Å². The average molecular weight is 455 g/mol. The van der Waals surface area contributed by atoms with E-state index in [4.69, 9.17) is 4.52 Å². The Morgan fingerprint density at radius 3 is 2.81 bits per heavy atom. The quantitative estimate of drug-likeness (QED) is 0.440. The highest BCUT2D eigenvalue weighted by molar-refractivity contribution is 7.10. The highest BCUT2D eigenvalue weighted by Gasteiger charge is 2.44. The van der Waals surface area contributed by atoms with Crippen molar-refractivity contribution in [3.63, 3.8) is 0 Å². The standard InChI is InChI=1S/C23H20F2N4O2S/c1-13-16-6-7-32-21(16)23(2,14-10-26-28(3)11-14)12-29(13)22(30)19-9-20(31-27-19)17-5-4-15(24)8-18(17)25/h4-11,13H,12H2,1-3H3/t13-,23+/m0/s1. The monoisotopic (exact) mass is 454 g/mol. The van der Waals surface area contributed by atoms with E-state index in [0.29, 0.717) is 6.54 Å². The molecule has 0 saturated heterocycles. The Balaban J connectivity index is 1.51. The first kappa shape index (κ1) is 20.6. The SMILES string of the molecule is C[C@H]1c2ccsc2[C@@](C)(c2cnn(C)c2)CN1C(=O)c1cc(-c2ccc(F)cc2F)on1. The fraction of sp³-hybridized carbons (Fsp3) is 0.261. The summed E-state index contributed by atoms with van der Waals surface area (Å²) in [6.45, 7) is 4.51. The van der Waals surface area contributed by atoms with Gasteiger partial charge in [0, 0.05) is 47.8 Å². The van der Waals surface area contributed by atoms with Crippen LogP contribution in [-0.4, -0.2) is 32.3 Å². The van der Waals surface area contributed by atoms with Gasteiger partial charge in [-0.2, -0.15) is 5.10 Å². The third-order valence-electron chi connectivity index (χ3n) is 6.13. The maximum Gasteiger partial charge on any atom is 0.276 e. The van der Waals surface area contributed by atoms with Crippen molar-refractivity contribution in [2.24, 2.45) is 7.05 Å². The molecule has 1 aliphatic rings. The zero-order valence-corrected chi connectivity index (χ0v) is 18.5. The molecule has 9 heteroatoms. The maximum atomic E-state index is 14.2. The second kappa shape index (κ2) is 7.37. The molecule has 0 bridgehead atoms. The molecule has 0 N–H and O–H groups in total. The molecule has 0 fully saturated rings. The van der Waals surface area contributed by atoms with Gasteiger partial charge in [0.05, 0.1) is 17.8 Å². The summed E-state index contributed by atoms with van der Waals surface area (Å²) in [6, 6.07) is 6.43. The Hall–Kier alpha value is -3.33. The summed E-state index contributed by atoms with van der Waals surface area (Å²) in [7, 11) is 1.86. The Morgan fingerprint density at radius 2 is 2.09 bits per heavy atom. The number of aromatic nitrogens is 3. The van der Waals surface area contributed by atoms with Gasteiger partial charge in [-0.1, -0.05) is 5.16 Å². The van der Waals surface area contributed by atoms with Crippen molar-refractivity contribution in [2.45, 2.75) is 25.3 Å². The van der Waals surface area contributed by atoms with E-state index in [0.717, 1.165) is 23.3 Å². The van der Waals surface area contributed by atoms with Gasteiger partial charge in [-0.15, -0.1) is 11.3 Å². The lowest BCUT2D eigenvalue weighted by Gasteiger charge is -2.43. The van der Waals surface area contributed by atoms with Crippen LogP contribution >= 0.6 is 11.3 Å². The lowest BCUT2D eigenvalue weighted by atomic mass is 9.76. The summed E-state index contributed by atoms with van der Waals surface area (Å²) in [5.41, 5.74) is 1.78. The molecule has 1 aromatic carbocycles. The van der Waals surface area contributed by atoms with Gasteiger partial charge in [-0.25, -0.2) is 8.78 Å². The van der Waals surface area contributed by atoms with Crippen molar-refractivity contribution in [1.82, 2.24) is 19.8 Å². The molecular weight excluding hydrogens is 434 g/mol. The molecule has 0 saturated carbocycles. The molecule has 5 rings (SSSR count). The van der Waals surface area contributed by atoms with Crippen LogP contribution < -0.4 is 0 Å². The highest BCUT2D eigenvalue weighted by Crippen LogP contribution is 2.46. The Labute approximate surface area is 187 Å². The van der Waals surface area contributed by atoms with Gasteiger partial charge in [0.15, 0.2) is 11.5 Å². The van der Waals surface area contributed by atoms with Crippen LogP contribution in [0, 0.1) is 11.6 Å². The van der Waals surface area contributed by atoms with Crippen LogP contribution in [0.5, 0.6) is 0 Å². The normalized spacial score (nSPS) is 20.4. The maximum absolute atomic E-state index is 14.2. The van der Waals surface area contributed by atoms with Gasteiger partial charge < -0.3 is 9.42 Å². The topological polar surface area (TPSA) is 64.2 Å². The number of nitrogens with zero attached hydrogens (tertiary/aromatic N) is 4. The van der Waals surface area contributed by atoms with Crippen molar-refractivity contribution in [3.8, 4) is 11.3 Å². The minimum absolute atomic E-state index is 0.0463. The molecule has 2 atom stereocenters. The van der Waals surface area contributed by atoms with Crippen LogP contribution in [-0.2, 0) is 12.5 Å². The van der Waals surface area contributed by atoms with E-state index in [1.807, 2.05) is 37.8 Å². The minimum Gasteiger partial charge on any atom is -0.355 e. The number of hydrogen-bond donors (Lipinski definition) is 0. The zero-order chi connectivity index (χ0) is 22.6. The van der Waals surface area contributed by atoms with Gasteiger partial charge in [0.2, 0.25) is 0 Å². The van der Waals surface area contributed by atoms with Gasteiger partial charge in [0.25, 0.3) is 5.91 Å². The van der Waals surface area contributed by atoms with Crippen LogP contribution in [0.4, 0.5) is 8.78 Å². The van der Waals surface area contributed by atoms with E-state index in [1.165, 1.54) is 17.0 Å². The number of halogens is 2. The average Bonchev–Trinajstić information content (AvgIpc) is 3.51. The van der Waals surface area contributed by atoms with E-state index in [-0.39, 0.29) is 29.0 Å².